The molecule has 2 heterocycles. The van der Waals surface area contributed by atoms with Crippen LogP contribution in [0, 0.1) is 11.8 Å². The molecule has 2 N–H and O–H groups in total. The lowest BCUT2D eigenvalue weighted by molar-refractivity contribution is -0.119. The van der Waals surface area contributed by atoms with Gasteiger partial charge in [0.05, 0.1) is 11.5 Å². The molecule has 1 atom stereocenters. The predicted octanol–water partition coefficient (Wildman–Crippen LogP) is 1.19. The molecular formula is C15H20N2O2S. The van der Waals surface area contributed by atoms with Crippen molar-refractivity contribution in [2.45, 2.75) is 32.4 Å². The van der Waals surface area contributed by atoms with Gasteiger partial charge in [-0.2, -0.15) is 0 Å². The summed E-state index contributed by atoms with van der Waals surface area (Å²) in [6.07, 6.45) is 1.55. The molecule has 1 aliphatic rings. The molecule has 1 aliphatic heterocycles. The van der Waals surface area contributed by atoms with Crippen molar-refractivity contribution in [2.24, 2.45) is 0 Å². The van der Waals surface area contributed by atoms with Gasteiger partial charge in [-0.15, -0.1) is 11.3 Å². The Morgan fingerprint density at radius 1 is 1.60 bits per heavy atom. The van der Waals surface area contributed by atoms with Crippen LogP contribution in [-0.2, 0) is 11.3 Å². The molecule has 0 bridgehead atoms. The highest BCUT2D eigenvalue weighted by molar-refractivity contribution is 7.12. The van der Waals surface area contributed by atoms with Gasteiger partial charge in [0.15, 0.2) is 0 Å². The van der Waals surface area contributed by atoms with E-state index in [0.717, 1.165) is 30.9 Å². The van der Waals surface area contributed by atoms with Crippen LogP contribution in [0.3, 0.4) is 0 Å². The van der Waals surface area contributed by atoms with Crippen molar-refractivity contribution in [3.8, 4) is 11.8 Å². The minimum Gasteiger partial charge on any atom is -0.395 e. The third-order valence-electron chi connectivity index (χ3n) is 3.17. The lowest BCUT2D eigenvalue weighted by Crippen LogP contribution is -2.35. The molecule has 0 radical (unpaired) electrons. The topological polar surface area (TPSA) is 52.6 Å². The molecule has 108 valence electrons. The standard InChI is InChI=1S/C15H20N2O2S/c1-12(19)16-13-7-8-17(10-13)11-15-6-5-14(20-15)4-2-3-9-18/h5-6,13,18H,3,7-11H2,1H3,(H,16,19). The Bertz CT molecular complexity index is 515. The maximum absolute atomic E-state index is 11.0. The first-order valence-corrected chi connectivity index (χ1v) is 7.67. The highest BCUT2D eigenvalue weighted by Gasteiger charge is 2.23. The molecule has 1 aromatic heterocycles. The zero-order valence-corrected chi connectivity index (χ0v) is 12.5. The van der Waals surface area contributed by atoms with E-state index in [1.54, 1.807) is 18.3 Å². The molecule has 1 saturated heterocycles. The average Bonchev–Trinajstić information content (AvgIpc) is 3.00. The van der Waals surface area contributed by atoms with E-state index in [1.165, 1.54) is 4.88 Å². The van der Waals surface area contributed by atoms with E-state index in [2.05, 4.69) is 28.1 Å². The number of carbonyl (C=O) groups is 1. The molecule has 0 aliphatic carbocycles. The molecule has 4 nitrogen and oxygen atoms in total. The van der Waals surface area contributed by atoms with E-state index in [0.29, 0.717) is 6.42 Å². The number of rotatable bonds is 4. The summed E-state index contributed by atoms with van der Waals surface area (Å²) in [5.41, 5.74) is 0. The maximum Gasteiger partial charge on any atom is 0.217 e. The van der Waals surface area contributed by atoms with Gasteiger partial charge in [0.25, 0.3) is 0 Å². The highest BCUT2D eigenvalue weighted by Crippen LogP contribution is 2.20. The molecule has 5 heteroatoms. The van der Waals surface area contributed by atoms with E-state index in [-0.39, 0.29) is 18.6 Å². The lowest BCUT2D eigenvalue weighted by Gasteiger charge is -2.15. The summed E-state index contributed by atoms with van der Waals surface area (Å²) in [5.74, 6) is 6.05. The van der Waals surface area contributed by atoms with Crippen LogP contribution in [0.5, 0.6) is 0 Å². The summed E-state index contributed by atoms with van der Waals surface area (Å²) in [6, 6.07) is 4.43. The number of hydrogen-bond acceptors (Lipinski definition) is 4. The molecule has 1 unspecified atom stereocenters. The van der Waals surface area contributed by atoms with Crippen molar-refractivity contribution in [2.75, 3.05) is 19.7 Å². The van der Waals surface area contributed by atoms with Gasteiger partial charge in [0.1, 0.15) is 0 Å². The SMILES string of the molecule is CC(=O)NC1CCN(Cc2ccc(C#CCCO)s2)C1. The second kappa shape index (κ2) is 7.44. The lowest BCUT2D eigenvalue weighted by atomic mass is 10.2. The van der Waals surface area contributed by atoms with Crippen LogP contribution in [-0.4, -0.2) is 41.7 Å². The van der Waals surface area contributed by atoms with Crippen LogP contribution < -0.4 is 5.32 Å². The van der Waals surface area contributed by atoms with E-state index < -0.39 is 0 Å². The number of carbonyl (C=O) groups excluding carboxylic acids is 1. The average molecular weight is 292 g/mol. The van der Waals surface area contributed by atoms with Crippen molar-refractivity contribution in [1.29, 1.82) is 0 Å². The first-order chi connectivity index (χ1) is 9.67. The highest BCUT2D eigenvalue weighted by atomic mass is 32.1. The normalized spacial score (nSPS) is 18.6. The zero-order chi connectivity index (χ0) is 14.4. The van der Waals surface area contributed by atoms with Gasteiger partial charge >= 0.3 is 0 Å². The van der Waals surface area contributed by atoms with Crippen LogP contribution >= 0.6 is 11.3 Å². The van der Waals surface area contributed by atoms with Crippen LogP contribution in [0.1, 0.15) is 29.5 Å². The monoisotopic (exact) mass is 292 g/mol. The number of amides is 1. The van der Waals surface area contributed by atoms with Crippen molar-refractivity contribution < 1.29 is 9.90 Å². The number of likely N-dealkylation sites (tertiary alicyclic amines) is 1. The molecule has 2 rings (SSSR count). The summed E-state index contributed by atoms with van der Waals surface area (Å²) < 4.78 is 0. The number of aliphatic hydroxyl groups is 1. The van der Waals surface area contributed by atoms with Crippen molar-refractivity contribution in [3.05, 3.63) is 21.9 Å². The van der Waals surface area contributed by atoms with Crippen LogP contribution in [0.25, 0.3) is 0 Å². The molecule has 0 saturated carbocycles. The summed E-state index contributed by atoms with van der Waals surface area (Å²) in [5, 5.41) is 11.7. The van der Waals surface area contributed by atoms with Crippen molar-refractivity contribution in [1.82, 2.24) is 10.2 Å². The number of thiophene rings is 1. The van der Waals surface area contributed by atoms with Gasteiger partial charge in [0.2, 0.25) is 5.91 Å². The van der Waals surface area contributed by atoms with Crippen molar-refractivity contribution >= 4 is 17.2 Å². The summed E-state index contributed by atoms with van der Waals surface area (Å²) in [6.45, 7) is 4.54. The van der Waals surface area contributed by atoms with Crippen LogP contribution in [0.4, 0.5) is 0 Å². The van der Waals surface area contributed by atoms with Crippen molar-refractivity contribution in [3.63, 3.8) is 0 Å². The number of hydrogen-bond donors (Lipinski definition) is 2. The van der Waals surface area contributed by atoms with Gasteiger partial charge in [-0.1, -0.05) is 11.8 Å². The first-order valence-electron chi connectivity index (χ1n) is 6.85. The Hall–Kier alpha value is -1.35. The van der Waals surface area contributed by atoms with E-state index >= 15 is 0 Å². The summed E-state index contributed by atoms with van der Waals surface area (Å²) in [4.78, 5) is 15.7. The number of aliphatic hydroxyl groups excluding tert-OH is 1. The van der Waals surface area contributed by atoms with Gasteiger partial charge in [0, 0.05) is 43.9 Å². The quantitative estimate of drug-likeness (QED) is 0.820. The summed E-state index contributed by atoms with van der Waals surface area (Å²) in [7, 11) is 0. The molecule has 0 aromatic carbocycles. The third-order valence-corrected chi connectivity index (χ3v) is 4.15. The van der Waals surface area contributed by atoms with E-state index in [9.17, 15) is 4.79 Å². The van der Waals surface area contributed by atoms with Gasteiger partial charge in [-0.25, -0.2) is 0 Å². The zero-order valence-electron chi connectivity index (χ0n) is 11.7. The fourth-order valence-corrected chi connectivity index (χ4v) is 3.26. The Kier molecular flexibility index (Phi) is 5.60. The largest absolute Gasteiger partial charge is 0.395 e. The fourth-order valence-electron chi connectivity index (χ4n) is 2.34. The molecule has 20 heavy (non-hydrogen) atoms. The minimum atomic E-state index is 0.0504. The first kappa shape index (κ1) is 15.0. The molecule has 1 fully saturated rings. The number of nitrogens with one attached hydrogen (secondary N) is 1. The van der Waals surface area contributed by atoms with Crippen LogP contribution in [0.2, 0.25) is 0 Å². The third kappa shape index (κ3) is 4.64. The maximum atomic E-state index is 11.0. The van der Waals surface area contributed by atoms with Gasteiger partial charge < -0.3 is 10.4 Å². The van der Waals surface area contributed by atoms with E-state index in [4.69, 9.17) is 5.11 Å². The van der Waals surface area contributed by atoms with Gasteiger partial charge in [-0.3, -0.25) is 9.69 Å². The molecule has 1 aromatic rings. The van der Waals surface area contributed by atoms with E-state index in [1.807, 2.05) is 6.07 Å². The fraction of sp³-hybridized carbons (Fsp3) is 0.533. The Morgan fingerprint density at radius 2 is 2.45 bits per heavy atom. The molecule has 1 amide bonds. The number of nitrogens with zero attached hydrogens (tertiary/aromatic N) is 1. The molecular weight excluding hydrogens is 272 g/mol. The second-order valence-corrected chi connectivity index (χ2v) is 6.13. The van der Waals surface area contributed by atoms with Gasteiger partial charge in [-0.05, 0) is 18.6 Å². The molecule has 0 spiro atoms. The minimum absolute atomic E-state index is 0.0504. The Labute approximate surface area is 123 Å². The Balaban J connectivity index is 1.83. The van der Waals surface area contributed by atoms with Crippen LogP contribution in [0.15, 0.2) is 12.1 Å². The Morgan fingerprint density at radius 3 is 3.20 bits per heavy atom. The smallest absolute Gasteiger partial charge is 0.217 e. The summed E-state index contributed by atoms with van der Waals surface area (Å²) >= 11 is 1.70. The second-order valence-electron chi connectivity index (χ2n) is 4.96. The predicted molar refractivity (Wildman–Crippen MR) is 80.4 cm³/mol.